The van der Waals surface area contributed by atoms with Crippen LogP contribution in [0.4, 0.5) is 4.79 Å². The largest absolute Gasteiger partial charge is 0.394 e. The van der Waals surface area contributed by atoms with E-state index in [0.717, 1.165) is 12.3 Å². The Balaban J connectivity index is 2.45. The van der Waals surface area contributed by atoms with Crippen molar-refractivity contribution in [2.24, 2.45) is 11.8 Å². The molecule has 0 aromatic rings. The van der Waals surface area contributed by atoms with Crippen LogP contribution in [0.3, 0.4) is 0 Å². The molecule has 17 heavy (non-hydrogen) atoms. The second-order valence-corrected chi connectivity index (χ2v) is 5.59. The topological polar surface area (TPSA) is 52.6 Å². The van der Waals surface area contributed by atoms with Crippen LogP contribution >= 0.6 is 0 Å². The molecule has 0 bridgehead atoms. The van der Waals surface area contributed by atoms with Gasteiger partial charge in [-0.3, -0.25) is 0 Å². The molecule has 0 spiro atoms. The summed E-state index contributed by atoms with van der Waals surface area (Å²) in [6.07, 6.45) is 3.44. The molecule has 0 aromatic heterocycles. The Kier molecular flexibility index (Phi) is 5.25. The number of likely N-dealkylation sites (N-methyl/N-ethyl adjacent to an activating group) is 1. The predicted octanol–water partition coefficient (Wildman–Crippen LogP) is 1.83. The minimum atomic E-state index is -0.132. The molecular weight excluding hydrogens is 216 g/mol. The molecule has 2 amide bonds. The first-order valence-electron chi connectivity index (χ1n) is 6.59. The normalized spacial score (nSPS) is 30.8. The van der Waals surface area contributed by atoms with Crippen LogP contribution < -0.4 is 5.32 Å². The fourth-order valence-corrected chi connectivity index (χ4v) is 2.46. The standard InChI is InChI=1S/C13H26N2O2/c1-9-5-6-12(10(2)7-9)14-13(17)15(4)11(3)8-16/h9-12,16H,5-8H2,1-4H3,(H,14,17). The van der Waals surface area contributed by atoms with Gasteiger partial charge in [0.05, 0.1) is 12.6 Å². The third-order valence-electron chi connectivity index (χ3n) is 3.99. The number of rotatable bonds is 3. The van der Waals surface area contributed by atoms with Crippen LogP contribution in [0, 0.1) is 11.8 Å². The maximum Gasteiger partial charge on any atom is 0.317 e. The lowest BCUT2D eigenvalue weighted by molar-refractivity contribution is 0.145. The van der Waals surface area contributed by atoms with E-state index in [-0.39, 0.29) is 24.7 Å². The van der Waals surface area contributed by atoms with Crippen molar-refractivity contribution in [1.82, 2.24) is 10.2 Å². The zero-order chi connectivity index (χ0) is 13.0. The number of aliphatic hydroxyl groups is 1. The summed E-state index contributed by atoms with van der Waals surface area (Å²) in [6.45, 7) is 6.32. The molecule has 4 nitrogen and oxygen atoms in total. The quantitative estimate of drug-likeness (QED) is 0.793. The minimum Gasteiger partial charge on any atom is -0.394 e. The van der Waals surface area contributed by atoms with E-state index in [1.165, 1.54) is 12.8 Å². The van der Waals surface area contributed by atoms with Crippen molar-refractivity contribution in [3.8, 4) is 0 Å². The van der Waals surface area contributed by atoms with Crippen LogP contribution in [0.25, 0.3) is 0 Å². The van der Waals surface area contributed by atoms with Crippen molar-refractivity contribution in [1.29, 1.82) is 0 Å². The molecule has 0 radical (unpaired) electrons. The number of carbonyl (C=O) groups is 1. The van der Waals surface area contributed by atoms with Gasteiger partial charge >= 0.3 is 6.03 Å². The Bertz CT molecular complexity index is 258. The zero-order valence-electron chi connectivity index (χ0n) is 11.4. The molecule has 0 aliphatic heterocycles. The van der Waals surface area contributed by atoms with Crippen molar-refractivity contribution < 1.29 is 9.90 Å². The zero-order valence-corrected chi connectivity index (χ0v) is 11.4. The summed E-state index contributed by atoms with van der Waals surface area (Å²) in [4.78, 5) is 13.5. The molecule has 1 aliphatic rings. The molecule has 4 heteroatoms. The van der Waals surface area contributed by atoms with Crippen LogP contribution in [0.15, 0.2) is 0 Å². The average molecular weight is 242 g/mol. The number of hydrogen-bond acceptors (Lipinski definition) is 2. The van der Waals surface area contributed by atoms with E-state index < -0.39 is 0 Å². The molecular formula is C13H26N2O2. The molecule has 1 aliphatic carbocycles. The first kappa shape index (κ1) is 14.3. The average Bonchev–Trinajstić information content (AvgIpc) is 2.30. The van der Waals surface area contributed by atoms with Crippen molar-refractivity contribution in [3.63, 3.8) is 0 Å². The van der Waals surface area contributed by atoms with Gasteiger partial charge in [-0.25, -0.2) is 4.79 Å². The number of urea groups is 1. The fourth-order valence-electron chi connectivity index (χ4n) is 2.46. The molecule has 2 N–H and O–H groups in total. The lowest BCUT2D eigenvalue weighted by atomic mass is 9.80. The van der Waals surface area contributed by atoms with Crippen LogP contribution in [0.2, 0.25) is 0 Å². The summed E-state index contributed by atoms with van der Waals surface area (Å²) in [5.74, 6) is 1.31. The van der Waals surface area contributed by atoms with Crippen molar-refractivity contribution >= 4 is 6.03 Å². The van der Waals surface area contributed by atoms with Gasteiger partial charge in [-0.15, -0.1) is 0 Å². The lowest BCUT2D eigenvalue weighted by Crippen LogP contribution is -2.50. The van der Waals surface area contributed by atoms with Crippen LogP contribution in [-0.2, 0) is 0 Å². The number of nitrogens with zero attached hydrogens (tertiary/aromatic N) is 1. The van der Waals surface area contributed by atoms with Crippen molar-refractivity contribution in [2.75, 3.05) is 13.7 Å². The van der Waals surface area contributed by atoms with E-state index in [2.05, 4.69) is 19.2 Å². The Morgan fingerprint density at radius 1 is 1.47 bits per heavy atom. The number of carbonyl (C=O) groups excluding carboxylic acids is 1. The highest BCUT2D eigenvalue weighted by Gasteiger charge is 2.27. The van der Waals surface area contributed by atoms with E-state index in [1.54, 1.807) is 11.9 Å². The van der Waals surface area contributed by atoms with Crippen LogP contribution in [0.5, 0.6) is 0 Å². The number of hydrogen-bond donors (Lipinski definition) is 2. The summed E-state index contributed by atoms with van der Waals surface area (Å²) in [6, 6.07) is 0.0813. The SMILES string of the molecule is CC1CCC(NC(=O)N(C)C(C)CO)C(C)C1. The van der Waals surface area contributed by atoms with Crippen LogP contribution in [-0.4, -0.2) is 41.8 Å². The number of nitrogens with one attached hydrogen (secondary N) is 1. The number of aliphatic hydroxyl groups excluding tert-OH is 1. The molecule has 1 saturated carbocycles. The Labute approximate surface area is 104 Å². The monoisotopic (exact) mass is 242 g/mol. The van der Waals surface area contributed by atoms with Gasteiger partial charge in [-0.1, -0.05) is 13.8 Å². The van der Waals surface area contributed by atoms with Gasteiger partial charge < -0.3 is 15.3 Å². The Hall–Kier alpha value is -0.770. The summed E-state index contributed by atoms with van der Waals surface area (Å²) in [5.41, 5.74) is 0. The van der Waals surface area contributed by atoms with Crippen molar-refractivity contribution in [3.05, 3.63) is 0 Å². The van der Waals surface area contributed by atoms with Gasteiger partial charge in [-0.05, 0) is 38.0 Å². The second kappa shape index (κ2) is 6.24. The Morgan fingerprint density at radius 2 is 2.12 bits per heavy atom. The van der Waals surface area contributed by atoms with Gasteiger partial charge in [0.2, 0.25) is 0 Å². The highest BCUT2D eigenvalue weighted by Crippen LogP contribution is 2.28. The van der Waals surface area contributed by atoms with E-state index in [0.29, 0.717) is 5.92 Å². The highest BCUT2D eigenvalue weighted by molar-refractivity contribution is 5.74. The maximum absolute atomic E-state index is 11.9. The van der Waals surface area contributed by atoms with E-state index in [1.807, 2.05) is 6.92 Å². The van der Waals surface area contributed by atoms with E-state index >= 15 is 0 Å². The summed E-state index contributed by atoms with van der Waals surface area (Å²) < 4.78 is 0. The number of amides is 2. The summed E-state index contributed by atoms with van der Waals surface area (Å²) >= 11 is 0. The van der Waals surface area contributed by atoms with Crippen LogP contribution in [0.1, 0.15) is 40.0 Å². The smallest absolute Gasteiger partial charge is 0.317 e. The molecule has 0 aromatic carbocycles. The summed E-state index contributed by atoms with van der Waals surface area (Å²) in [7, 11) is 1.73. The molecule has 0 heterocycles. The highest BCUT2D eigenvalue weighted by atomic mass is 16.3. The van der Waals surface area contributed by atoms with Gasteiger partial charge in [0.25, 0.3) is 0 Å². The molecule has 1 rings (SSSR count). The van der Waals surface area contributed by atoms with Gasteiger partial charge in [0, 0.05) is 13.1 Å². The van der Waals surface area contributed by atoms with Gasteiger partial charge in [0.1, 0.15) is 0 Å². The maximum atomic E-state index is 11.9. The van der Waals surface area contributed by atoms with E-state index in [9.17, 15) is 4.79 Å². The molecule has 4 atom stereocenters. The third-order valence-corrected chi connectivity index (χ3v) is 3.99. The fraction of sp³-hybridized carbons (Fsp3) is 0.923. The molecule has 1 fully saturated rings. The first-order chi connectivity index (χ1) is 7.95. The van der Waals surface area contributed by atoms with Gasteiger partial charge in [-0.2, -0.15) is 0 Å². The molecule has 100 valence electrons. The lowest BCUT2D eigenvalue weighted by Gasteiger charge is -2.35. The third kappa shape index (κ3) is 3.87. The summed E-state index contributed by atoms with van der Waals surface area (Å²) in [5, 5.41) is 12.1. The second-order valence-electron chi connectivity index (χ2n) is 5.59. The minimum absolute atomic E-state index is 0.00116. The van der Waals surface area contributed by atoms with Crippen molar-refractivity contribution in [2.45, 2.75) is 52.1 Å². The first-order valence-corrected chi connectivity index (χ1v) is 6.59. The Morgan fingerprint density at radius 3 is 2.65 bits per heavy atom. The van der Waals surface area contributed by atoms with E-state index in [4.69, 9.17) is 5.11 Å². The predicted molar refractivity (Wildman–Crippen MR) is 68.8 cm³/mol. The molecule has 4 unspecified atom stereocenters. The van der Waals surface area contributed by atoms with Gasteiger partial charge in [0.15, 0.2) is 0 Å². The molecule has 0 saturated heterocycles.